The molecule has 0 spiro atoms. The van der Waals surface area contributed by atoms with Crippen LogP contribution in [0.1, 0.15) is 0 Å². The van der Waals surface area contributed by atoms with Gasteiger partial charge in [-0.05, 0) is 24.3 Å². The van der Waals surface area contributed by atoms with E-state index in [0.29, 0.717) is 4.13 Å². The minimum Gasteiger partial charge on any atom is -0.399 e. The van der Waals surface area contributed by atoms with Crippen LogP contribution in [0.25, 0.3) is 0 Å². The maximum Gasteiger partial charge on any atom is 0.512 e. The van der Waals surface area contributed by atoms with Crippen LogP contribution in [0.15, 0.2) is 29.2 Å². The zero-order chi connectivity index (χ0) is 14.2. The Morgan fingerprint density at radius 1 is 1.00 bits per heavy atom. The highest BCUT2D eigenvalue weighted by Crippen LogP contribution is 2.23. The standard InChI is InChI=1S/C7H7F3N2O4S2/c8-7(9,10)18(15,16)12-17(13,14)6-3-1-5(11)2-4-6/h1-4,12H,11H2. The van der Waals surface area contributed by atoms with E-state index in [9.17, 15) is 30.0 Å². The van der Waals surface area contributed by atoms with Crippen LogP contribution in [0.2, 0.25) is 0 Å². The van der Waals surface area contributed by atoms with Gasteiger partial charge in [0.05, 0.1) is 4.90 Å². The minimum atomic E-state index is -5.98. The van der Waals surface area contributed by atoms with Crippen molar-refractivity contribution in [2.45, 2.75) is 10.4 Å². The van der Waals surface area contributed by atoms with Gasteiger partial charge >= 0.3 is 15.5 Å². The van der Waals surface area contributed by atoms with Crippen LogP contribution >= 0.6 is 0 Å². The fraction of sp³-hybridized carbons (Fsp3) is 0.143. The smallest absolute Gasteiger partial charge is 0.399 e. The van der Waals surface area contributed by atoms with Gasteiger partial charge in [0.1, 0.15) is 0 Å². The topological polar surface area (TPSA) is 106 Å². The van der Waals surface area contributed by atoms with E-state index in [1.54, 1.807) is 0 Å². The first kappa shape index (κ1) is 14.7. The summed E-state index contributed by atoms with van der Waals surface area (Å²) in [4.78, 5) is -0.649. The van der Waals surface area contributed by atoms with E-state index >= 15 is 0 Å². The number of halogens is 3. The molecule has 0 heterocycles. The predicted octanol–water partition coefficient (Wildman–Crippen LogP) is 0.397. The van der Waals surface area contributed by atoms with Crippen LogP contribution in [-0.4, -0.2) is 22.3 Å². The van der Waals surface area contributed by atoms with Crippen LogP contribution in [0.3, 0.4) is 0 Å². The molecular weight excluding hydrogens is 297 g/mol. The first-order valence-corrected chi connectivity index (χ1v) is 7.13. The zero-order valence-corrected chi connectivity index (χ0v) is 10.1. The summed E-state index contributed by atoms with van der Waals surface area (Å²) >= 11 is 0. The van der Waals surface area contributed by atoms with E-state index in [-0.39, 0.29) is 5.69 Å². The van der Waals surface area contributed by atoms with Gasteiger partial charge in [0.2, 0.25) is 0 Å². The van der Waals surface area contributed by atoms with Crippen molar-refractivity contribution in [3.63, 3.8) is 0 Å². The third-order valence-electron chi connectivity index (χ3n) is 1.71. The number of benzene rings is 1. The molecule has 3 N–H and O–H groups in total. The summed E-state index contributed by atoms with van der Waals surface area (Å²) in [6.45, 7) is 0. The second-order valence-corrected chi connectivity index (χ2v) is 6.72. The second kappa shape index (κ2) is 4.40. The molecule has 0 aliphatic heterocycles. The lowest BCUT2D eigenvalue weighted by molar-refractivity contribution is -0.0441. The van der Waals surface area contributed by atoms with E-state index in [0.717, 1.165) is 24.3 Å². The first-order chi connectivity index (χ1) is 7.96. The average molecular weight is 304 g/mol. The number of hydrogen-bond acceptors (Lipinski definition) is 5. The number of nitrogens with two attached hydrogens (primary N) is 1. The van der Waals surface area contributed by atoms with Crippen LogP contribution < -0.4 is 9.86 Å². The number of anilines is 1. The van der Waals surface area contributed by atoms with Gasteiger partial charge in [-0.3, -0.25) is 0 Å². The van der Waals surface area contributed by atoms with Crippen molar-refractivity contribution in [2.24, 2.45) is 0 Å². The van der Waals surface area contributed by atoms with Crippen LogP contribution in [0, 0.1) is 0 Å². The van der Waals surface area contributed by atoms with Crippen LogP contribution in [0.4, 0.5) is 18.9 Å². The Balaban J connectivity index is 3.15. The molecule has 1 aromatic carbocycles. The fourth-order valence-electron chi connectivity index (χ4n) is 0.887. The maximum absolute atomic E-state index is 12.0. The Kier molecular flexibility index (Phi) is 3.60. The summed E-state index contributed by atoms with van der Waals surface area (Å²) in [5.74, 6) is 0. The van der Waals surface area contributed by atoms with E-state index in [4.69, 9.17) is 5.73 Å². The Morgan fingerprint density at radius 2 is 1.44 bits per heavy atom. The molecule has 0 fully saturated rings. The third-order valence-corrected chi connectivity index (χ3v) is 4.97. The van der Waals surface area contributed by atoms with Gasteiger partial charge < -0.3 is 5.73 Å². The summed E-state index contributed by atoms with van der Waals surface area (Å²) in [5, 5.41) is 0. The quantitative estimate of drug-likeness (QED) is 0.786. The van der Waals surface area contributed by atoms with Crippen molar-refractivity contribution in [3.05, 3.63) is 24.3 Å². The monoisotopic (exact) mass is 304 g/mol. The predicted molar refractivity (Wildman–Crippen MR) is 56.2 cm³/mol. The van der Waals surface area contributed by atoms with Gasteiger partial charge in [0.15, 0.2) is 0 Å². The molecule has 1 rings (SSSR count). The van der Waals surface area contributed by atoms with Crippen LogP contribution in [-0.2, 0) is 20.0 Å². The highest BCUT2D eigenvalue weighted by atomic mass is 32.3. The van der Waals surface area contributed by atoms with Gasteiger partial charge in [-0.25, -0.2) is 16.8 Å². The molecule has 18 heavy (non-hydrogen) atoms. The average Bonchev–Trinajstić information content (AvgIpc) is 2.14. The summed E-state index contributed by atoms with van der Waals surface area (Å²) in [6, 6.07) is 3.97. The molecule has 0 saturated carbocycles. The van der Waals surface area contributed by atoms with Crippen LogP contribution in [0.5, 0.6) is 0 Å². The van der Waals surface area contributed by atoms with Gasteiger partial charge in [-0.15, -0.1) is 0 Å². The normalized spacial score (nSPS) is 13.5. The van der Waals surface area contributed by atoms with Gasteiger partial charge in [0, 0.05) is 5.69 Å². The van der Waals surface area contributed by atoms with Gasteiger partial charge in [0.25, 0.3) is 10.0 Å². The highest BCUT2D eigenvalue weighted by Gasteiger charge is 2.48. The van der Waals surface area contributed by atoms with E-state index < -0.39 is 30.5 Å². The van der Waals surface area contributed by atoms with Gasteiger partial charge in [-0.2, -0.15) is 13.2 Å². The molecule has 0 bridgehead atoms. The molecule has 0 unspecified atom stereocenters. The van der Waals surface area contributed by atoms with Crippen molar-refractivity contribution < 1.29 is 30.0 Å². The van der Waals surface area contributed by atoms with Crippen molar-refractivity contribution >= 4 is 25.7 Å². The maximum atomic E-state index is 12.0. The molecule has 0 atom stereocenters. The largest absolute Gasteiger partial charge is 0.512 e. The summed E-state index contributed by atoms with van der Waals surface area (Å²) in [7, 11) is -10.8. The lowest BCUT2D eigenvalue weighted by Crippen LogP contribution is -2.40. The Hall–Kier alpha value is -1.33. The van der Waals surface area contributed by atoms with Gasteiger partial charge in [-0.1, -0.05) is 4.13 Å². The highest BCUT2D eigenvalue weighted by molar-refractivity contribution is 8.05. The molecule has 102 valence electrons. The lowest BCUT2D eigenvalue weighted by Gasteiger charge is -2.10. The van der Waals surface area contributed by atoms with Crippen molar-refractivity contribution in [1.29, 1.82) is 0 Å². The van der Waals surface area contributed by atoms with Crippen molar-refractivity contribution in [3.8, 4) is 0 Å². The number of rotatable bonds is 3. The minimum absolute atomic E-state index is 0.174. The number of alkyl halides is 3. The molecule has 11 heteroatoms. The molecule has 0 aliphatic rings. The SMILES string of the molecule is Nc1ccc(S(=O)(=O)NS(=O)(=O)C(F)(F)F)cc1. The number of sulfonamides is 2. The summed E-state index contributed by atoms with van der Waals surface area (Å²) < 4.78 is 80.7. The number of nitrogens with one attached hydrogen (secondary N) is 1. The molecule has 0 aliphatic carbocycles. The number of hydrogen-bond donors (Lipinski definition) is 2. The second-order valence-electron chi connectivity index (χ2n) is 3.10. The number of nitrogen functional groups attached to an aromatic ring is 1. The Morgan fingerprint density at radius 3 is 1.83 bits per heavy atom. The molecule has 6 nitrogen and oxygen atoms in total. The van der Waals surface area contributed by atoms with E-state index in [1.165, 1.54) is 0 Å². The summed E-state index contributed by atoms with van der Waals surface area (Å²) in [6.07, 6.45) is 0. The molecule has 0 radical (unpaired) electrons. The fourth-order valence-corrected chi connectivity index (χ4v) is 3.30. The van der Waals surface area contributed by atoms with Crippen molar-refractivity contribution in [1.82, 2.24) is 4.13 Å². The first-order valence-electron chi connectivity index (χ1n) is 4.16. The third kappa shape index (κ3) is 3.11. The Labute approximate surface area is 101 Å². The molecule has 0 amide bonds. The Bertz CT molecular complexity index is 634. The summed E-state index contributed by atoms with van der Waals surface area (Å²) in [5.41, 5.74) is -0.288. The van der Waals surface area contributed by atoms with E-state index in [1.807, 2.05) is 0 Å². The van der Waals surface area contributed by atoms with Crippen molar-refractivity contribution in [2.75, 3.05) is 5.73 Å². The molecule has 1 aromatic rings. The molecular formula is C7H7F3N2O4S2. The molecule has 0 saturated heterocycles. The van der Waals surface area contributed by atoms with E-state index in [2.05, 4.69) is 0 Å². The molecule has 0 aromatic heterocycles. The zero-order valence-electron chi connectivity index (χ0n) is 8.47. The lowest BCUT2D eigenvalue weighted by atomic mass is 10.3.